The SMILES string of the molecule is CCCNC(=O)CCCC(=O)N1CCCC1CNC. The van der Waals surface area contributed by atoms with Gasteiger partial charge in [-0.05, 0) is 32.7 Å². The summed E-state index contributed by atoms with van der Waals surface area (Å²) >= 11 is 0. The molecule has 0 bridgehead atoms. The summed E-state index contributed by atoms with van der Waals surface area (Å²) in [5.74, 6) is 0.254. The maximum atomic E-state index is 12.1. The Morgan fingerprint density at radius 3 is 2.79 bits per heavy atom. The molecule has 0 aliphatic carbocycles. The maximum absolute atomic E-state index is 12.1. The van der Waals surface area contributed by atoms with E-state index in [0.29, 0.717) is 25.3 Å². The molecular weight excluding hydrogens is 242 g/mol. The van der Waals surface area contributed by atoms with E-state index in [2.05, 4.69) is 10.6 Å². The predicted molar refractivity (Wildman–Crippen MR) is 75.8 cm³/mol. The molecule has 1 atom stereocenters. The van der Waals surface area contributed by atoms with Crippen molar-refractivity contribution < 1.29 is 9.59 Å². The van der Waals surface area contributed by atoms with E-state index >= 15 is 0 Å². The Morgan fingerprint density at radius 2 is 2.11 bits per heavy atom. The zero-order valence-electron chi connectivity index (χ0n) is 12.2. The van der Waals surface area contributed by atoms with Crippen molar-refractivity contribution in [1.82, 2.24) is 15.5 Å². The van der Waals surface area contributed by atoms with Crippen LogP contribution in [0, 0.1) is 0 Å². The summed E-state index contributed by atoms with van der Waals surface area (Å²) < 4.78 is 0. The van der Waals surface area contributed by atoms with E-state index in [4.69, 9.17) is 0 Å². The van der Waals surface area contributed by atoms with E-state index in [0.717, 1.165) is 38.9 Å². The Hall–Kier alpha value is -1.10. The van der Waals surface area contributed by atoms with Crippen LogP contribution in [0.2, 0.25) is 0 Å². The van der Waals surface area contributed by atoms with Crippen molar-refractivity contribution in [2.45, 2.75) is 51.5 Å². The minimum Gasteiger partial charge on any atom is -0.356 e. The highest BCUT2D eigenvalue weighted by Crippen LogP contribution is 2.18. The highest BCUT2D eigenvalue weighted by molar-refractivity contribution is 5.79. The lowest BCUT2D eigenvalue weighted by Crippen LogP contribution is -2.40. The molecule has 1 rings (SSSR count). The molecule has 1 fully saturated rings. The van der Waals surface area contributed by atoms with Crippen LogP contribution in [-0.4, -0.2) is 49.4 Å². The number of hydrogen-bond acceptors (Lipinski definition) is 3. The molecule has 1 aliphatic heterocycles. The quantitative estimate of drug-likeness (QED) is 0.688. The van der Waals surface area contributed by atoms with Gasteiger partial charge in [0.25, 0.3) is 0 Å². The third-order valence-electron chi connectivity index (χ3n) is 3.50. The zero-order valence-corrected chi connectivity index (χ0v) is 12.2. The van der Waals surface area contributed by atoms with Crippen molar-refractivity contribution in [3.63, 3.8) is 0 Å². The second-order valence-electron chi connectivity index (χ2n) is 5.14. The topological polar surface area (TPSA) is 61.4 Å². The molecule has 0 aromatic rings. The Labute approximate surface area is 116 Å². The first-order valence-corrected chi connectivity index (χ1v) is 7.39. The third kappa shape index (κ3) is 5.59. The molecule has 1 aliphatic rings. The Balaban J connectivity index is 2.21. The summed E-state index contributed by atoms with van der Waals surface area (Å²) in [5, 5.41) is 5.96. The van der Waals surface area contributed by atoms with Crippen LogP contribution in [-0.2, 0) is 9.59 Å². The summed E-state index contributed by atoms with van der Waals surface area (Å²) in [6.07, 6.45) is 4.72. The van der Waals surface area contributed by atoms with E-state index in [1.807, 2.05) is 18.9 Å². The van der Waals surface area contributed by atoms with Gasteiger partial charge in [0.1, 0.15) is 0 Å². The van der Waals surface area contributed by atoms with Gasteiger partial charge in [0, 0.05) is 38.5 Å². The van der Waals surface area contributed by atoms with Crippen molar-refractivity contribution in [3.05, 3.63) is 0 Å². The summed E-state index contributed by atoms with van der Waals surface area (Å²) in [7, 11) is 1.92. The molecule has 1 unspecified atom stereocenters. The minimum atomic E-state index is 0.0582. The first kappa shape index (κ1) is 16.0. The number of likely N-dealkylation sites (N-methyl/N-ethyl adjacent to an activating group) is 1. The molecule has 0 aromatic carbocycles. The molecule has 0 aromatic heterocycles. The largest absolute Gasteiger partial charge is 0.356 e. The second kappa shape index (κ2) is 8.91. The van der Waals surface area contributed by atoms with Gasteiger partial charge < -0.3 is 15.5 Å². The van der Waals surface area contributed by atoms with Gasteiger partial charge in [-0.25, -0.2) is 0 Å². The average Bonchev–Trinajstić information content (AvgIpc) is 2.85. The van der Waals surface area contributed by atoms with Crippen LogP contribution in [0.3, 0.4) is 0 Å². The number of rotatable bonds is 8. The van der Waals surface area contributed by atoms with Crippen LogP contribution >= 0.6 is 0 Å². The standard InChI is InChI=1S/C14H27N3O2/c1-3-9-16-13(18)7-4-8-14(19)17-10-5-6-12(17)11-15-2/h12,15H,3-11H2,1-2H3,(H,16,18). The molecule has 1 saturated heterocycles. The van der Waals surface area contributed by atoms with Crippen LogP contribution in [0.5, 0.6) is 0 Å². The number of hydrogen-bond donors (Lipinski definition) is 2. The first-order chi connectivity index (χ1) is 9.19. The van der Waals surface area contributed by atoms with Crippen molar-refractivity contribution in [3.8, 4) is 0 Å². The average molecular weight is 269 g/mol. The minimum absolute atomic E-state index is 0.0582. The number of carbonyl (C=O) groups excluding carboxylic acids is 2. The third-order valence-corrected chi connectivity index (χ3v) is 3.50. The van der Waals surface area contributed by atoms with Crippen LogP contribution in [0.15, 0.2) is 0 Å². The number of likely N-dealkylation sites (tertiary alicyclic amines) is 1. The maximum Gasteiger partial charge on any atom is 0.222 e. The van der Waals surface area contributed by atoms with Crippen LogP contribution in [0.1, 0.15) is 45.4 Å². The molecule has 2 amide bonds. The van der Waals surface area contributed by atoms with E-state index < -0.39 is 0 Å². The van der Waals surface area contributed by atoms with E-state index in [9.17, 15) is 9.59 Å². The molecule has 0 saturated carbocycles. The van der Waals surface area contributed by atoms with E-state index in [-0.39, 0.29) is 11.8 Å². The van der Waals surface area contributed by atoms with Crippen molar-refractivity contribution >= 4 is 11.8 Å². The number of nitrogens with one attached hydrogen (secondary N) is 2. The molecule has 110 valence electrons. The Bertz CT molecular complexity index is 294. The van der Waals surface area contributed by atoms with Crippen molar-refractivity contribution in [1.29, 1.82) is 0 Å². The van der Waals surface area contributed by atoms with Gasteiger partial charge in [0.15, 0.2) is 0 Å². The summed E-state index contributed by atoms with van der Waals surface area (Å²) in [6, 6.07) is 0.339. The van der Waals surface area contributed by atoms with Crippen LogP contribution < -0.4 is 10.6 Å². The first-order valence-electron chi connectivity index (χ1n) is 7.39. The molecule has 5 heteroatoms. The zero-order chi connectivity index (χ0) is 14.1. The molecule has 0 spiro atoms. The molecule has 19 heavy (non-hydrogen) atoms. The van der Waals surface area contributed by atoms with Gasteiger partial charge in [-0.2, -0.15) is 0 Å². The Morgan fingerprint density at radius 1 is 1.32 bits per heavy atom. The van der Waals surface area contributed by atoms with Gasteiger partial charge >= 0.3 is 0 Å². The van der Waals surface area contributed by atoms with E-state index in [1.54, 1.807) is 0 Å². The monoisotopic (exact) mass is 269 g/mol. The molecule has 1 heterocycles. The summed E-state index contributed by atoms with van der Waals surface area (Å²) in [5.41, 5.74) is 0. The van der Waals surface area contributed by atoms with Crippen molar-refractivity contribution in [2.24, 2.45) is 0 Å². The lowest BCUT2D eigenvalue weighted by Gasteiger charge is -2.24. The lowest BCUT2D eigenvalue weighted by molar-refractivity contribution is -0.132. The van der Waals surface area contributed by atoms with Crippen LogP contribution in [0.4, 0.5) is 0 Å². The fraction of sp³-hybridized carbons (Fsp3) is 0.857. The summed E-state index contributed by atoms with van der Waals surface area (Å²) in [4.78, 5) is 25.5. The normalized spacial score (nSPS) is 18.6. The fourth-order valence-corrected chi connectivity index (χ4v) is 2.51. The predicted octanol–water partition coefficient (Wildman–Crippen LogP) is 0.893. The molecule has 5 nitrogen and oxygen atoms in total. The molecule has 2 N–H and O–H groups in total. The summed E-state index contributed by atoms with van der Waals surface area (Å²) in [6.45, 7) is 4.48. The van der Waals surface area contributed by atoms with Crippen molar-refractivity contribution in [2.75, 3.05) is 26.7 Å². The highest BCUT2D eigenvalue weighted by atomic mass is 16.2. The number of carbonyl (C=O) groups is 2. The van der Waals surface area contributed by atoms with Gasteiger partial charge in [0.05, 0.1) is 0 Å². The van der Waals surface area contributed by atoms with Gasteiger partial charge in [-0.1, -0.05) is 6.92 Å². The highest BCUT2D eigenvalue weighted by Gasteiger charge is 2.27. The fourth-order valence-electron chi connectivity index (χ4n) is 2.51. The smallest absolute Gasteiger partial charge is 0.222 e. The second-order valence-corrected chi connectivity index (χ2v) is 5.14. The molecular formula is C14H27N3O2. The molecule has 0 radical (unpaired) electrons. The number of amides is 2. The van der Waals surface area contributed by atoms with Gasteiger partial charge in [-0.15, -0.1) is 0 Å². The van der Waals surface area contributed by atoms with Gasteiger partial charge in [-0.3, -0.25) is 9.59 Å². The lowest BCUT2D eigenvalue weighted by atomic mass is 10.2. The van der Waals surface area contributed by atoms with Gasteiger partial charge in [0.2, 0.25) is 11.8 Å². The Kier molecular flexibility index (Phi) is 7.48. The van der Waals surface area contributed by atoms with E-state index in [1.165, 1.54) is 0 Å². The van der Waals surface area contributed by atoms with Crippen LogP contribution in [0.25, 0.3) is 0 Å². The number of nitrogens with zero attached hydrogens (tertiary/aromatic N) is 1.